The number of anilines is 1. The molecular formula is C12H13ClN2O2S2. The van der Waals surface area contributed by atoms with E-state index in [0.29, 0.717) is 10.0 Å². The van der Waals surface area contributed by atoms with Crippen molar-refractivity contribution in [1.29, 1.82) is 0 Å². The second-order valence-corrected chi connectivity index (χ2v) is 7.70. The summed E-state index contributed by atoms with van der Waals surface area (Å²) in [5.41, 5.74) is 7.17. The molecule has 1 unspecified atom stereocenters. The first kappa shape index (κ1) is 14.3. The SMILES string of the molecule is CC(N)c1ccc(NS(=O)(=O)c2ccc(Cl)s2)cc1. The lowest BCUT2D eigenvalue weighted by atomic mass is 10.1. The molecule has 2 rings (SSSR count). The summed E-state index contributed by atoms with van der Waals surface area (Å²) in [6.07, 6.45) is 0. The number of sulfonamides is 1. The standard InChI is InChI=1S/C12H13ClN2O2S2/c1-8(14)9-2-4-10(5-3-9)15-19(16,17)12-7-6-11(13)18-12/h2-8,15H,14H2,1H3. The monoisotopic (exact) mass is 316 g/mol. The number of hydrogen-bond acceptors (Lipinski definition) is 4. The van der Waals surface area contributed by atoms with Crippen molar-refractivity contribution >= 4 is 38.6 Å². The van der Waals surface area contributed by atoms with Gasteiger partial charge in [-0.05, 0) is 36.8 Å². The van der Waals surface area contributed by atoms with Crippen LogP contribution in [0, 0.1) is 0 Å². The Balaban J connectivity index is 2.21. The number of hydrogen-bond donors (Lipinski definition) is 2. The third kappa shape index (κ3) is 3.48. The minimum atomic E-state index is -3.57. The van der Waals surface area contributed by atoms with Crippen LogP contribution in [0.15, 0.2) is 40.6 Å². The fourth-order valence-corrected chi connectivity index (χ4v) is 4.04. The first-order valence-electron chi connectivity index (χ1n) is 5.52. The van der Waals surface area contributed by atoms with Gasteiger partial charge in [0.05, 0.1) is 4.34 Å². The zero-order valence-electron chi connectivity index (χ0n) is 10.1. The molecule has 3 N–H and O–H groups in total. The maximum atomic E-state index is 12.0. The molecule has 19 heavy (non-hydrogen) atoms. The molecule has 0 amide bonds. The van der Waals surface area contributed by atoms with Crippen LogP contribution in [-0.2, 0) is 10.0 Å². The zero-order chi connectivity index (χ0) is 14.0. The molecule has 0 radical (unpaired) electrons. The summed E-state index contributed by atoms with van der Waals surface area (Å²) in [6.45, 7) is 1.87. The van der Waals surface area contributed by atoms with Gasteiger partial charge in [-0.15, -0.1) is 11.3 Å². The highest BCUT2D eigenvalue weighted by molar-refractivity contribution is 7.94. The number of thiophene rings is 1. The van der Waals surface area contributed by atoms with Gasteiger partial charge in [0, 0.05) is 11.7 Å². The van der Waals surface area contributed by atoms with Crippen molar-refractivity contribution in [2.45, 2.75) is 17.2 Å². The average molecular weight is 317 g/mol. The van der Waals surface area contributed by atoms with Gasteiger partial charge in [0.15, 0.2) is 0 Å². The Kier molecular flexibility index (Phi) is 4.15. The third-order valence-electron chi connectivity index (χ3n) is 2.50. The van der Waals surface area contributed by atoms with E-state index in [9.17, 15) is 8.42 Å². The van der Waals surface area contributed by atoms with Crippen LogP contribution in [-0.4, -0.2) is 8.42 Å². The van der Waals surface area contributed by atoms with Crippen molar-refractivity contribution in [2.24, 2.45) is 5.73 Å². The predicted molar refractivity (Wildman–Crippen MR) is 79.2 cm³/mol. The largest absolute Gasteiger partial charge is 0.324 e. The average Bonchev–Trinajstić information content (AvgIpc) is 2.77. The lowest BCUT2D eigenvalue weighted by Crippen LogP contribution is -2.11. The van der Waals surface area contributed by atoms with Crippen LogP contribution >= 0.6 is 22.9 Å². The van der Waals surface area contributed by atoms with Crippen LogP contribution in [0.2, 0.25) is 4.34 Å². The van der Waals surface area contributed by atoms with Gasteiger partial charge in [0.2, 0.25) is 0 Å². The fraction of sp³-hybridized carbons (Fsp3) is 0.167. The summed E-state index contributed by atoms with van der Waals surface area (Å²) in [5, 5.41) is 0. The maximum Gasteiger partial charge on any atom is 0.271 e. The second kappa shape index (κ2) is 5.50. The van der Waals surface area contributed by atoms with E-state index < -0.39 is 10.0 Å². The molecule has 1 aromatic heterocycles. The Morgan fingerprint density at radius 3 is 2.32 bits per heavy atom. The van der Waals surface area contributed by atoms with E-state index >= 15 is 0 Å². The van der Waals surface area contributed by atoms with Crippen LogP contribution in [0.25, 0.3) is 0 Å². The molecule has 4 nitrogen and oxygen atoms in total. The molecule has 0 aliphatic rings. The predicted octanol–water partition coefficient (Wildman–Crippen LogP) is 3.22. The molecule has 0 saturated heterocycles. The van der Waals surface area contributed by atoms with E-state index in [4.69, 9.17) is 17.3 Å². The topological polar surface area (TPSA) is 72.2 Å². The molecule has 102 valence electrons. The quantitative estimate of drug-likeness (QED) is 0.909. The van der Waals surface area contributed by atoms with Crippen molar-refractivity contribution < 1.29 is 8.42 Å². The zero-order valence-corrected chi connectivity index (χ0v) is 12.5. The van der Waals surface area contributed by atoms with Crippen LogP contribution in [0.3, 0.4) is 0 Å². The van der Waals surface area contributed by atoms with E-state index in [2.05, 4.69) is 4.72 Å². The molecule has 7 heteroatoms. The smallest absolute Gasteiger partial charge is 0.271 e. The molecule has 1 aromatic carbocycles. The van der Waals surface area contributed by atoms with Crippen LogP contribution in [0.1, 0.15) is 18.5 Å². The van der Waals surface area contributed by atoms with E-state index in [1.165, 1.54) is 6.07 Å². The van der Waals surface area contributed by atoms with Crippen LogP contribution in [0.4, 0.5) is 5.69 Å². The van der Waals surface area contributed by atoms with Gasteiger partial charge in [-0.1, -0.05) is 23.7 Å². The summed E-state index contributed by atoms with van der Waals surface area (Å²) in [5.74, 6) is 0. The van der Waals surface area contributed by atoms with Gasteiger partial charge in [0.1, 0.15) is 4.21 Å². The molecule has 0 fully saturated rings. The highest BCUT2D eigenvalue weighted by Gasteiger charge is 2.16. The van der Waals surface area contributed by atoms with Crippen molar-refractivity contribution in [2.75, 3.05) is 4.72 Å². The number of benzene rings is 1. The van der Waals surface area contributed by atoms with E-state index in [0.717, 1.165) is 16.9 Å². The molecule has 1 atom stereocenters. The van der Waals surface area contributed by atoms with Gasteiger partial charge >= 0.3 is 0 Å². The molecular weight excluding hydrogens is 304 g/mol. The lowest BCUT2D eigenvalue weighted by molar-refractivity contribution is 0.603. The van der Waals surface area contributed by atoms with E-state index in [-0.39, 0.29) is 10.3 Å². The van der Waals surface area contributed by atoms with E-state index in [1.54, 1.807) is 30.3 Å². The van der Waals surface area contributed by atoms with Gasteiger partial charge in [-0.3, -0.25) is 4.72 Å². The van der Waals surface area contributed by atoms with Crippen LogP contribution < -0.4 is 10.5 Å². The first-order chi connectivity index (χ1) is 8.88. The summed E-state index contributed by atoms with van der Waals surface area (Å²) in [7, 11) is -3.57. The first-order valence-corrected chi connectivity index (χ1v) is 8.20. The molecule has 0 bridgehead atoms. The number of nitrogens with one attached hydrogen (secondary N) is 1. The normalized spacial score (nSPS) is 13.2. The highest BCUT2D eigenvalue weighted by atomic mass is 35.5. The van der Waals surface area contributed by atoms with Gasteiger partial charge in [0.25, 0.3) is 10.0 Å². The Bertz CT molecular complexity index is 663. The number of halogens is 1. The molecule has 0 aliphatic heterocycles. The summed E-state index contributed by atoms with van der Waals surface area (Å²) in [6, 6.07) is 9.91. The van der Waals surface area contributed by atoms with Gasteiger partial charge < -0.3 is 5.73 Å². The Hall–Kier alpha value is -1.08. The molecule has 2 aromatic rings. The minimum absolute atomic E-state index is 0.0817. The molecule has 0 aliphatic carbocycles. The van der Waals surface area contributed by atoms with Crippen molar-refractivity contribution in [3.05, 3.63) is 46.3 Å². The van der Waals surface area contributed by atoms with Crippen molar-refractivity contribution in [1.82, 2.24) is 0 Å². The maximum absolute atomic E-state index is 12.0. The summed E-state index contributed by atoms with van der Waals surface area (Å²) in [4.78, 5) is 0. The van der Waals surface area contributed by atoms with Gasteiger partial charge in [-0.2, -0.15) is 0 Å². The van der Waals surface area contributed by atoms with Gasteiger partial charge in [-0.25, -0.2) is 8.42 Å². The Morgan fingerprint density at radius 1 is 1.21 bits per heavy atom. The second-order valence-electron chi connectivity index (χ2n) is 4.07. The van der Waals surface area contributed by atoms with Crippen LogP contribution in [0.5, 0.6) is 0 Å². The number of nitrogens with two attached hydrogens (primary N) is 1. The Morgan fingerprint density at radius 2 is 1.84 bits per heavy atom. The fourth-order valence-electron chi connectivity index (χ4n) is 1.50. The lowest BCUT2D eigenvalue weighted by Gasteiger charge is -2.09. The molecule has 1 heterocycles. The molecule has 0 saturated carbocycles. The minimum Gasteiger partial charge on any atom is -0.324 e. The summed E-state index contributed by atoms with van der Waals surface area (Å²) >= 11 is 6.75. The molecule has 0 spiro atoms. The van der Waals surface area contributed by atoms with E-state index in [1.807, 2.05) is 6.92 Å². The Labute approximate surface area is 121 Å². The highest BCUT2D eigenvalue weighted by Crippen LogP contribution is 2.27. The summed E-state index contributed by atoms with van der Waals surface area (Å²) < 4.78 is 27.2. The van der Waals surface area contributed by atoms with Crippen molar-refractivity contribution in [3.63, 3.8) is 0 Å². The number of rotatable bonds is 4. The third-order valence-corrected chi connectivity index (χ3v) is 5.61. The van der Waals surface area contributed by atoms with Crippen molar-refractivity contribution in [3.8, 4) is 0 Å².